The molecule has 3 rings (SSSR count). The lowest BCUT2D eigenvalue weighted by Crippen LogP contribution is -2.35. The van der Waals surface area contributed by atoms with Crippen molar-refractivity contribution in [1.82, 2.24) is 20.5 Å². The Morgan fingerprint density at radius 3 is 2.53 bits per heavy atom. The topological polar surface area (TPSA) is 125 Å². The van der Waals surface area contributed by atoms with Crippen LogP contribution in [0.3, 0.4) is 0 Å². The molecular formula is C27H34ClN5O5. The number of rotatable bonds is 12. The van der Waals surface area contributed by atoms with Gasteiger partial charge in [0, 0.05) is 43.9 Å². The van der Waals surface area contributed by atoms with Crippen molar-refractivity contribution in [2.75, 3.05) is 45.2 Å². The van der Waals surface area contributed by atoms with E-state index in [4.69, 9.17) is 21.1 Å². The first-order chi connectivity index (χ1) is 18.3. The molecule has 1 aromatic heterocycles. The predicted octanol–water partition coefficient (Wildman–Crippen LogP) is 4.26. The van der Waals surface area contributed by atoms with E-state index in [0.717, 1.165) is 13.1 Å². The minimum atomic E-state index is -0.721. The molecule has 0 fully saturated rings. The molecule has 11 heteroatoms. The number of nitrogens with one attached hydrogen (secondary N) is 3. The van der Waals surface area contributed by atoms with Gasteiger partial charge < -0.3 is 35.4 Å². The van der Waals surface area contributed by atoms with Crippen LogP contribution >= 0.6 is 11.6 Å². The van der Waals surface area contributed by atoms with Gasteiger partial charge in [-0.15, -0.1) is 0 Å². The molecule has 1 heterocycles. The molecule has 204 valence electrons. The molecule has 10 nitrogen and oxygen atoms in total. The first-order valence-electron chi connectivity index (χ1n) is 12.5. The number of carbonyl (C=O) groups excluding carboxylic acids is 2. The number of urea groups is 1. The van der Waals surface area contributed by atoms with E-state index in [0.29, 0.717) is 57.5 Å². The van der Waals surface area contributed by atoms with Crippen LogP contribution in [-0.4, -0.2) is 72.9 Å². The number of pyridine rings is 1. The minimum absolute atomic E-state index is 0.0273. The summed E-state index contributed by atoms with van der Waals surface area (Å²) in [4.78, 5) is 31.0. The van der Waals surface area contributed by atoms with Crippen LogP contribution in [0.5, 0.6) is 17.2 Å². The van der Waals surface area contributed by atoms with E-state index in [1.165, 1.54) is 7.05 Å². The largest absolute Gasteiger partial charge is 0.490 e. The van der Waals surface area contributed by atoms with Gasteiger partial charge in [0.05, 0.1) is 21.8 Å². The summed E-state index contributed by atoms with van der Waals surface area (Å²) in [6.07, 6.45) is 0.867. The first-order valence-corrected chi connectivity index (χ1v) is 12.9. The summed E-state index contributed by atoms with van der Waals surface area (Å²) in [5.41, 5.74) is 1.28. The molecule has 1 atom stereocenters. The standard InChI is InChI=1S/C27H34ClN5O5/c1-5-30-26(35)20-13-19-23(14-25(20)37-16-17(34)15-33(6-2)7-3)31-11-10-24(19)38-18-8-9-22(21(28)12-18)32-27(36)29-4/h8-14,17,34H,5-7,15-16H2,1-4H3,(H,30,35)(H2,29,32,36). The molecule has 0 saturated carbocycles. The van der Waals surface area contributed by atoms with Crippen LogP contribution < -0.4 is 25.4 Å². The number of aliphatic hydroxyl groups excluding tert-OH is 1. The van der Waals surface area contributed by atoms with E-state index in [1.54, 1.807) is 42.6 Å². The summed E-state index contributed by atoms with van der Waals surface area (Å²) in [7, 11) is 1.51. The molecule has 0 saturated heterocycles. The molecule has 1 unspecified atom stereocenters. The maximum atomic E-state index is 12.9. The van der Waals surface area contributed by atoms with Crippen LogP contribution in [0, 0.1) is 0 Å². The zero-order valence-electron chi connectivity index (χ0n) is 22.0. The molecule has 0 aliphatic carbocycles. The van der Waals surface area contributed by atoms with Crippen molar-refractivity contribution >= 4 is 40.1 Å². The highest BCUT2D eigenvalue weighted by molar-refractivity contribution is 6.33. The highest BCUT2D eigenvalue weighted by Crippen LogP contribution is 2.35. The van der Waals surface area contributed by atoms with Gasteiger partial charge in [-0.2, -0.15) is 0 Å². The van der Waals surface area contributed by atoms with Crippen molar-refractivity contribution in [2.24, 2.45) is 0 Å². The van der Waals surface area contributed by atoms with Gasteiger partial charge in [0.25, 0.3) is 5.91 Å². The van der Waals surface area contributed by atoms with Gasteiger partial charge in [-0.05, 0) is 44.3 Å². The Kier molecular flexibility index (Phi) is 10.5. The SMILES string of the molecule is CCNC(=O)c1cc2c(Oc3ccc(NC(=O)NC)c(Cl)c3)ccnc2cc1OCC(O)CN(CC)CC. The Morgan fingerprint density at radius 1 is 1.11 bits per heavy atom. The van der Waals surface area contributed by atoms with Gasteiger partial charge in [-0.3, -0.25) is 9.78 Å². The Hall–Kier alpha value is -3.60. The number of likely N-dealkylation sites (N-methyl/N-ethyl adjacent to an activating group) is 1. The zero-order valence-corrected chi connectivity index (χ0v) is 22.8. The van der Waals surface area contributed by atoms with Crippen molar-refractivity contribution < 1.29 is 24.2 Å². The number of amides is 3. The lowest BCUT2D eigenvalue weighted by Gasteiger charge is -2.22. The third-order valence-corrected chi connectivity index (χ3v) is 6.14. The van der Waals surface area contributed by atoms with Crippen LogP contribution in [-0.2, 0) is 0 Å². The van der Waals surface area contributed by atoms with Gasteiger partial charge in [-0.1, -0.05) is 25.4 Å². The van der Waals surface area contributed by atoms with E-state index in [1.807, 2.05) is 20.8 Å². The number of halogens is 1. The lowest BCUT2D eigenvalue weighted by atomic mass is 10.1. The second-order valence-corrected chi connectivity index (χ2v) is 8.84. The van der Waals surface area contributed by atoms with Crippen molar-refractivity contribution in [1.29, 1.82) is 0 Å². The number of hydrogen-bond acceptors (Lipinski definition) is 7. The van der Waals surface area contributed by atoms with Gasteiger partial charge >= 0.3 is 6.03 Å². The summed E-state index contributed by atoms with van der Waals surface area (Å²) in [6.45, 7) is 8.46. The first kappa shape index (κ1) is 29.0. The molecule has 38 heavy (non-hydrogen) atoms. The quantitative estimate of drug-likeness (QED) is 0.269. The fourth-order valence-corrected chi connectivity index (χ4v) is 4.00. The van der Waals surface area contributed by atoms with E-state index in [2.05, 4.69) is 25.8 Å². The van der Waals surface area contributed by atoms with E-state index in [-0.39, 0.29) is 12.5 Å². The Balaban J connectivity index is 1.91. The number of anilines is 1. The third-order valence-electron chi connectivity index (χ3n) is 5.82. The highest BCUT2D eigenvalue weighted by Gasteiger charge is 2.19. The fourth-order valence-electron chi connectivity index (χ4n) is 3.78. The predicted molar refractivity (Wildman–Crippen MR) is 149 cm³/mol. The van der Waals surface area contributed by atoms with Crippen molar-refractivity contribution in [3.8, 4) is 17.2 Å². The fraction of sp³-hybridized carbons (Fsp3) is 0.370. The van der Waals surface area contributed by atoms with Crippen LogP contribution in [0.25, 0.3) is 10.9 Å². The van der Waals surface area contributed by atoms with E-state index < -0.39 is 12.1 Å². The molecule has 3 aromatic rings. The minimum Gasteiger partial charge on any atom is -0.490 e. The Morgan fingerprint density at radius 2 is 1.87 bits per heavy atom. The Labute approximate surface area is 227 Å². The number of aliphatic hydroxyl groups is 1. The summed E-state index contributed by atoms with van der Waals surface area (Å²) in [6, 6.07) is 9.51. The maximum absolute atomic E-state index is 12.9. The Bertz CT molecular complexity index is 1270. The summed E-state index contributed by atoms with van der Waals surface area (Å²) in [5, 5.41) is 19.2. The van der Waals surface area contributed by atoms with Crippen LogP contribution in [0.2, 0.25) is 5.02 Å². The normalized spacial score (nSPS) is 11.8. The molecule has 2 aromatic carbocycles. The van der Waals surface area contributed by atoms with E-state index >= 15 is 0 Å². The average molecular weight is 544 g/mol. The number of aromatic nitrogens is 1. The second-order valence-electron chi connectivity index (χ2n) is 8.43. The number of ether oxygens (including phenoxy) is 2. The van der Waals surface area contributed by atoms with Gasteiger partial charge in [0.1, 0.15) is 30.0 Å². The lowest BCUT2D eigenvalue weighted by molar-refractivity contribution is 0.0706. The smallest absolute Gasteiger partial charge is 0.319 e. The summed E-state index contributed by atoms with van der Waals surface area (Å²) in [5.74, 6) is 0.894. The summed E-state index contributed by atoms with van der Waals surface area (Å²) < 4.78 is 12.0. The number of benzene rings is 2. The molecule has 4 N–H and O–H groups in total. The monoisotopic (exact) mass is 543 g/mol. The maximum Gasteiger partial charge on any atom is 0.319 e. The average Bonchev–Trinajstić information content (AvgIpc) is 2.91. The van der Waals surface area contributed by atoms with Gasteiger partial charge in [-0.25, -0.2) is 4.79 Å². The highest BCUT2D eigenvalue weighted by atomic mass is 35.5. The molecule has 0 aliphatic rings. The van der Waals surface area contributed by atoms with Crippen molar-refractivity contribution in [3.05, 3.63) is 53.2 Å². The van der Waals surface area contributed by atoms with Crippen LogP contribution in [0.15, 0.2) is 42.6 Å². The summed E-state index contributed by atoms with van der Waals surface area (Å²) >= 11 is 6.32. The number of carbonyl (C=O) groups is 2. The third kappa shape index (κ3) is 7.47. The molecule has 0 aliphatic heterocycles. The zero-order chi connectivity index (χ0) is 27.7. The van der Waals surface area contributed by atoms with E-state index in [9.17, 15) is 14.7 Å². The van der Waals surface area contributed by atoms with Gasteiger partial charge in [0.2, 0.25) is 0 Å². The number of nitrogens with zero attached hydrogens (tertiary/aromatic N) is 2. The number of hydrogen-bond donors (Lipinski definition) is 4. The molecule has 0 bridgehead atoms. The molecule has 0 radical (unpaired) electrons. The second kappa shape index (κ2) is 13.8. The van der Waals surface area contributed by atoms with Crippen molar-refractivity contribution in [2.45, 2.75) is 26.9 Å². The molecular weight excluding hydrogens is 510 g/mol. The van der Waals surface area contributed by atoms with Crippen LogP contribution in [0.4, 0.5) is 10.5 Å². The molecule has 3 amide bonds. The van der Waals surface area contributed by atoms with Gasteiger partial charge in [0.15, 0.2) is 0 Å². The van der Waals surface area contributed by atoms with Crippen molar-refractivity contribution in [3.63, 3.8) is 0 Å². The molecule has 0 spiro atoms. The van der Waals surface area contributed by atoms with Crippen LogP contribution in [0.1, 0.15) is 31.1 Å². The number of fused-ring (bicyclic) bond motifs is 1.